The zero-order chi connectivity index (χ0) is 18.4. The highest BCUT2D eigenvalue weighted by molar-refractivity contribution is 5.56. The van der Waals surface area contributed by atoms with Crippen LogP contribution in [0.3, 0.4) is 0 Å². The minimum atomic E-state index is -0.539. The molecule has 0 saturated carbocycles. The van der Waals surface area contributed by atoms with Crippen molar-refractivity contribution in [3.05, 3.63) is 45.7 Å². The summed E-state index contributed by atoms with van der Waals surface area (Å²) in [4.78, 5) is 12.6. The molecule has 2 aromatic rings. The van der Waals surface area contributed by atoms with E-state index in [1.165, 1.54) is 7.11 Å². The van der Waals surface area contributed by atoms with Gasteiger partial charge in [0.15, 0.2) is 5.69 Å². The van der Waals surface area contributed by atoms with Gasteiger partial charge in [-0.05, 0) is 31.2 Å². The van der Waals surface area contributed by atoms with Crippen LogP contribution < -0.4 is 10.3 Å². The topological polar surface area (TPSA) is 109 Å². The van der Waals surface area contributed by atoms with E-state index in [4.69, 9.17) is 9.47 Å². The lowest BCUT2D eigenvalue weighted by Crippen LogP contribution is -2.23. The van der Waals surface area contributed by atoms with Crippen LogP contribution in [-0.4, -0.2) is 30.5 Å². The second kappa shape index (κ2) is 8.08. The van der Waals surface area contributed by atoms with Crippen molar-refractivity contribution in [3.8, 4) is 17.7 Å². The van der Waals surface area contributed by atoms with Crippen molar-refractivity contribution in [1.29, 1.82) is 5.26 Å². The predicted octanol–water partition coefficient (Wildman–Crippen LogP) is 2.80. The number of methoxy groups -OCH3 is 2. The van der Waals surface area contributed by atoms with E-state index in [1.807, 2.05) is 6.07 Å². The van der Waals surface area contributed by atoms with Gasteiger partial charge in [0.1, 0.15) is 17.4 Å². The molecule has 2 rings (SSSR count). The van der Waals surface area contributed by atoms with E-state index in [0.717, 1.165) is 4.57 Å². The van der Waals surface area contributed by atoms with Crippen LogP contribution in [0.25, 0.3) is 0 Å². The minimum Gasteiger partial charge on any atom is -0.497 e. The number of ether oxygens (including phenoxy) is 2. The Kier molecular flexibility index (Phi) is 5.87. The number of rotatable bonds is 6. The first-order valence-corrected chi connectivity index (χ1v) is 7.44. The van der Waals surface area contributed by atoms with Crippen molar-refractivity contribution in [3.63, 3.8) is 0 Å². The van der Waals surface area contributed by atoms with Gasteiger partial charge in [0.05, 0.1) is 25.9 Å². The Morgan fingerprint density at radius 3 is 2.48 bits per heavy atom. The fraction of sp³-hybridized carbons (Fsp3) is 0.294. The van der Waals surface area contributed by atoms with Gasteiger partial charge in [0, 0.05) is 12.7 Å². The molecule has 8 heteroatoms. The number of pyridine rings is 1. The van der Waals surface area contributed by atoms with E-state index in [1.54, 1.807) is 38.3 Å². The molecule has 25 heavy (non-hydrogen) atoms. The summed E-state index contributed by atoms with van der Waals surface area (Å²) in [5.41, 5.74) is 0.245. The maximum absolute atomic E-state index is 12.6. The Bertz CT molecular complexity index is 879. The molecule has 0 bridgehead atoms. The van der Waals surface area contributed by atoms with Crippen LogP contribution in [0.1, 0.15) is 11.1 Å². The van der Waals surface area contributed by atoms with Crippen LogP contribution in [0.2, 0.25) is 0 Å². The summed E-state index contributed by atoms with van der Waals surface area (Å²) in [5, 5.41) is 27.4. The van der Waals surface area contributed by atoms with Crippen LogP contribution in [0, 0.1) is 18.3 Å². The van der Waals surface area contributed by atoms with E-state index >= 15 is 0 Å². The molecule has 130 valence electrons. The smallest absolute Gasteiger partial charge is 0.281 e. The molecule has 0 saturated heterocycles. The summed E-state index contributed by atoms with van der Waals surface area (Å²) in [6, 6.07) is 8.70. The highest BCUT2D eigenvalue weighted by Crippen LogP contribution is 2.27. The maximum atomic E-state index is 12.6. The SMILES string of the molecule is COCCn1c(O)c(C#N)c(C)c(N=Nc2ccc(OC)cc2)c1=O. The minimum absolute atomic E-state index is 0.00118. The number of nitriles is 1. The lowest BCUT2D eigenvalue weighted by atomic mass is 10.1. The molecule has 0 atom stereocenters. The fourth-order valence-corrected chi connectivity index (χ4v) is 2.20. The normalized spacial score (nSPS) is 10.8. The van der Waals surface area contributed by atoms with Crippen molar-refractivity contribution >= 4 is 11.4 Å². The molecule has 1 N–H and O–H groups in total. The number of aromatic hydroxyl groups is 1. The third-order valence-corrected chi connectivity index (χ3v) is 3.63. The van der Waals surface area contributed by atoms with Gasteiger partial charge in [-0.3, -0.25) is 9.36 Å². The van der Waals surface area contributed by atoms with Crippen molar-refractivity contribution < 1.29 is 14.6 Å². The molecule has 1 aromatic carbocycles. The van der Waals surface area contributed by atoms with Crippen molar-refractivity contribution in [1.82, 2.24) is 4.57 Å². The molecule has 0 radical (unpaired) electrons. The molecule has 0 spiro atoms. The first-order chi connectivity index (χ1) is 12.0. The molecule has 0 unspecified atom stereocenters. The van der Waals surface area contributed by atoms with Crippen molar-refractivity contribution in [2.24, 2.45) is 10.2 Å². The monoisotopic (exact) mass is 342 g/mol. The number of nitrogens with zero attached hydrogens (tertiary/aromatic N) is 4. The van der Waals surface area contributed by atoms with Crippen LogP contribution in [-0.2, 0) is 11.3 Å². The van der Waals surface area contributed by atoms with Crippen LogP contribution in [0.5, 0.6) is 11.6 Å². The van der Waals surface area contributed by atoms with E-state index in [0.29, 0.717) is 11.4 Å². The zero-order valence-corrected chi connectivity index (χ0v) is 14.2. The average molecular weight is 342 g/mol. The first kappa shape index (κ1) is 18.2. The highest BCUT2D eigenvalue weighted by atomic mass is 16.5. The van der Waals surface area contributed by atoms with Gasteiger partial charge in [-0.15, -0.1) is 5.11 Å². The number of hydrogen-bond donors (Lipinski definition) is 1. The van der Waals surface area contributed by atoms with Crippen molar-refractivity contribution in [2.45, 2.75) is 13.5 Å². The molecule has 0 aliphatic rings. The molecule has 0 aliphatic heterocycles. The number of azo groups is 1. The third kappa shape index (κ3) is 3.84. The largest absolute Gasteiger partial charge is 0.497 e. The van der Waals surface area contributed by atoms with Crippen LogP contribution in [0.15, 0.2) is 39.3 Å². The molecule has 0 fully saturated rings. The predicted molar refractivity (Wildman–Crippen MR) is 90.9 cm³/mol. The number of benzene rings is 1. The van der Waals surface area contributed by atoms with Gasteiger partial charge in [-0.1, -0.05) is 0 Å². The molecule has 0 amide bonds. The van der Waals surface area contributed by atoms with E-state index in [9.17, 15) is 15.2 Å². The summed E-state index contributed by atoms with van der Waals surface area (Å²) < 4.78 is 11.0. The molecule has 8 nitrogen and oxygen atoms in total. The Hall–Kier alpha value is -3.18. The van der Waals surface area contributed by atoms with Crippen molar-refractivity contribution in [2.75, 3.05) is 20.8 Å². The van der Waals surface area contributed by atoms with Gasteiger partial charge >= 0.3 is 0 Å². The summed E-state index contributed by atoms with van der Waals surface area (Å²) >= 11 is 0. The Labute approximate surface area is 144 Å². The molecule has 0 aliphatic carbocycles. The number of aromatic nitrogens is 1. The molecule has 1 aromatic heterocycles. The lowest BCUT2D eigenvalue weighted by molar-refractivity contribution is 0.182. The van der Waals surface area contributed by atoms with Gasteiger partial charge < -0.3 is 14.6 Å². The second-order valence-corrected chi connectivity index (χ2v) is 5.13. The van der Waals surface area contributed by atoms with Gasteiger partial charge in [0.2, 0.25) is 5.88 Å². The third-order valence-electron chi connectivity index (χ3n) is 3.63. The van der Waals surface area contributed by atoms with E-state index in [-0.39, 0.29) is 30.0 Å². The summed E-state index contributed by atoms with van der Waals surface area (Å²) in [5.74, 6) is 0.277. The molecule has 1 heterocycles. The van der Waals surface area contributed by atoms with Crippen LogP contribution in [0.4, 0.5) is 11.4 Å². The second-order valence-electron chi connectivity index (χ2n) is 5.13. The summed E-state index contributed by atoms with van der Waals surface area (Å²) in [7, 11) is 3.04. The first-order valence-electron chi connectivity index (χ1n) is 7.44. The van der Waals surface area contributed by atoms with E-state index in [2.05, 4.69) is 10.2 Å². The summed E-state index contributed by atoms with van der Waals surface area (Å²) in [6.07, 6.45) is 0. The number of hydrogen-bond acceptors (Lipinski definition) is 7. The molecular weight excluding hydrogens is 324 g/mol. The summed E-state index contributed by atoms with van der Waals surface area (Å²) in [6.45, 7) is 1.85. The van der Waals surface area contributed by atoms with E-state index < -0.39 is 11.4 Å². The Morgan fingerprint density at radius 2 is 1.92 bits per heavy atom. The molecular formula is C17H18N4O4. The quantitative estimate of drug-likeness (QED) is 0.812. The maximum Gasteiger partial charge on any atom is 0.281 e. The lowest BCUT2D eigenvalue weighted by Gasteiger charge is -2.12. The highest BCUT2D eigenvalue weighted by Gasteiger charge is 2.18. The Balaban J connectivity index is 2.50. The zero-order valence-electron chi connectivity index (χ0n) is 14.2. The fourth-order valence-electron chi connectivity index (χ4n) is 2.20. The standard InChI is InChI=1S/C17H18N4O4/c1-11-14(10-18)16(22)21(8-9-24-2)17(23)15(11)20-19-12-4-6-13(25-3)7-5-12/h4-7,22H,8-9H2,1-3H3. The van der Waals surface area contributed by atoms with Crippen LogP contribution >= 0.6 is 0 Å². The van der Waals surface area contributed by atoms with Gasteiger partial charge in [-0.2, -0.15) is 10.4 Å². The van der Waals surface area contributed by atoms with Gasteiger partial charge in [0.25, 0.3) is 5.56 Å². The van der Waals surface area contributed by atoms with Gasteiger partial charge in [-0.25, -0.2) is 0 Å². The Morgan fingerprint density at radius 1 is 1.24 bits per heavy atom. The average Bonchev–Trinajstić information content (AvgIpc) is 2.62.